The summed E-state index contributed by atoms with van der Waals surface area (Å²) >= 11 is 0. The van der Waals surface area contributed by atoms with Crippen molar-refractivity contribution >= 4 is 22.8 Å². The van der Waals surface area contributed by atoms with Crippen molar-refractivity contribution in [1.29, 1.82) is 0 Å². The number of carboxylic acid groups (broad SMARTS) is 1. The Bertz CT molecular complexity index is 2060. The average Bonchev–Trinajstić information content (AvgIpc) is 3.22. The zero-order chi connectivity index (χ0) is 31.5. The third kappa shape index (κ3) is 3.85. The Hall–Kier alpha value is -4.14. The van der Waals surface area contributed by atoms with Crippen molar-refractivity contribution in [1.82, 2.24) is 4.58 Å². The molecule has 0 unspecified atom stereocenters. The van der Waals surface area contributed by atoms with Gasteiger partial charge in [0.1, 0.15) is 24.6 Å². The maximum Gasteiger partial charge on any atom is 0.210 e. The highest BCUT2D eigenvalue weighted by atomic mass is 19.2. The van der Waals surface area contributed by atoms with Crippen LogP contribution in [0, 0.1) is 23.3 Å². The Labute approximate surface area is 257 Å². The van der Waals surface area contributed by atoms with Gasteiger partial charge in [0.05, 0.1) is 22.8 Å². The number of carbonyl (C=O) groups excluding carboxylic acids is 1. The van der Waals surface area contributed by atoms with E-state index in [9.17, 15) is 14.3 Å². The zero-order valence-electron chi connectivity index (χ0n) is 25.4. The van der Waals surface area contributed by atoms with Crippen molar-refractivity contribution < 1.29 is 32.2 Å². The minimum absolute atomic E-state index is 0.0185. The molecule has 0 atom stereocenters. The normalized spacial score (nSPS) is 19.1. The van der Waals surface area contributed by atoms with Crippen molar-refractivity contribution in [2.75, 3.05) is 24.5 Å². The fourth-order valence-electron chi connectivity index (χ4n) is 8.51. The number of benzene rings is 3. The number of allylic oxidation sites excluding steroid dienone is 1. The van der Waals surface area contributed by atoms with Gasteiger partial charge in [-0.25, -0.2) is 22.1 Å². The van der Waals surface area contributed by atoms with Crippen molar-refractivity contribution in [2.45, 2.75) is 71.3 Å². The monoisotopic (exact) mass is 616 g/mol. The maximum atomic E-state index is 16.1. The van der Waals surface area contributed by atoms with E-state index in [-0.39, 0.29) is 11.1 Å². The summed E-state index contributed by atoms with van der Waals surface area (Å²) in [5.41, 5.74) is 3.43. The predicted molar refractivity (Wildman–Crippen MR) is 160 cm³/mol. The first-order chi connectivity index (χ1) is 21.5. The molecule has 0 aliphatic carbocycles. The number of carboxylic acids is 1. The number of aromatic carboxylic acids is 1. The fraction of sp³-hybridized carbons (Fsp3) is 0.389. The van der Waals surface area contributed by atoms with E-state index in [1.807, 2.05) is 19.1 Å². The lowest BCUT2D eigenvalue weighted by molar-refractivity contribution is -0.255. The van der Waals surface area contributed by atoms with Crippen molar-refractivity contribution in [3.05, 3.63) is 91.0 Å². The van der Waals surface area contributed by atoms with Crippen LogP contribution in [0.3, 0.4) is 0 Å². The molecular weight excluding hydrogens is 584 g/mol. The first kappa shape index (κ1) is 28.3. The second kappa shape index (κ2) is 9.68. The van der Waals surface area contributed by atoms with Gasteiger partial charge in [0.25, 0.3) is 0 Å². The van der Waals surface area contributed by atoms with Crippen molar-refractivity contribution in [3.63, 3.8) is 0 Å². The summed E-state index contributed by atoms with van der Waals surface area (Å²) in [4.78, 5) is 14.8. The van der Waals surface area contributed by atoms with E-state index in [2.05, 4.69) is 29.4 Å². The summed E-state index contributed by atoms with van der Waals surface area (Å²) in [5, 5.41) is 13.9. The van der Waals surface area contributed by atoms with Gasteiger partial charge < -0.3 is 19.5 Å². The van der Waals surface area contributed by atoms with E-state index in [4.69, 9.17) is 4.74 Å². The summed E-state index contributed by atoms with van der Waals surface area (Å²) in [7, 11) is 0. The molecule has 3 aromatic carbocycles. The highest BCUT2D eigenvalue weighted by Crippen LogP contribution is 2.52. The van der Waals surface area contributed by atoms with Crippen LogP contribution >= 0.6 is 0 Å². The quantitative estimate of drug-likeness (QED) is 0.142. The Morgan fingerprint density at radius 1 is 0.889 bits per heavy atom. The van der Waals surface area contributed by atoms with E-state index in [0.29, 0.717) is 35.1 Å². The second-order valence-electron chi connectivity index (χ2n) is 13.4. The van der Waals surface area contributed by atoms with Gasteiger partial charge in [0, 0.05) is 63.6 Å². The Morgan fingerprint density at radius 2 is 1.62 bits per heavy atom. The molecule has 0 fully saturated rings. The molecule has 0 N–H and O–H groups in total. The lowest BCUT2D eigenvalue weighted by atomic mass is 9.79. The molecule has 45 heavy (non-hydrogen) atoms. The molecule has 5 aliphatic rings. The lowest BCUT2D eigenvalue weighted by Gasteiger charge is -2.47. The van der Waals surface area contributed by atoms with E-state index in [1.165, 1.54) is 0 Å². The molecule has 8 rings (SSSR count). The van der Waals surface area contributed by atoms with Gasteiger partial charge in [0.15, 0.2) is 23.3 Å². The molecule has 3 aromatic rings. The number of halogens is 4. The van der Waals surface area contributed by atoms with Crippen LogP contribution in [0.4, 0.5) is 23.2 Å². The molecule has 5 heterocycles. The first-order valence-electron chi connectivity index (χ1n) is 15.7. The molecule has 0 amide bonds. The minimum atomic E-state index is -2.19. The largest absolute Gasteiger partial charge is 0.545 e. The van der Waals surface area contributed by atoms with E-state index >= 15 is 13.2 Å². The van der Waals surface area contributed by atoms with Crippen LogP contribution in [-0.2, 0) is 19.3 Å². The van der Waals surface area contributed by atoms with Crippen LogP contribution < -0.4 is 29.9 Å². The van der Waals surface area contributed by atoms with Gasteiger partial charge >= 0.3 is 0 Å². The molecular formula is C36H32F4N2O3. The minimum Gasteiger partial charge on any atom is -0.545 e. The highest BCUT2D eigenvalue weighted by Gasteiger charge is 2.41. The Kier molecular flexibility index (Phi) is 6.10. The second-order valence-corrected chi connectivity index (χ2v) is 13.4. The summed E-state index contributed by atoms with van der Waals surface area (Å²) < 4.78 is 70.4. The SMILES string of the molecule is CC1=CC(C)(C)N2CCCc3c4c(cc1c32)C(c1c(F)c(F)c(F)c(F)c1C(=O)[O-])=c1cc2c3c(c1O4)CCC[N+]=3CCCC2. The smallest absolute Gasteiger partial charge is 0.210 e. The van der Waals surface area contributed by atoms with Gasteiger partial charge in [0.2, 0.25) is 5.36 Å². The Morgan fingerprint density at radius 3 is 2.40 bits per heavy atom. The van der Waals surface area contributed by atoms with Gasteiger partial charge in [-0.05, 0) is 70.6 Å². The van der Waals surface area contributed by atoms with E-state index < -0.39 is 40.4 Å². The topological polar surface area (TPSA) is 55.6 Å². The van der Waals surface area contributed by atoms with Crippen LogP contribution in [0.2, 0.25) is 0 Å². The molecule has 0 spiro atoms. The standard InChI is InChI=1S/C36H32F4N2O3/c1-17-16-36(2,3)42-13-7-10-20-32(42)21(17)15-23-24(25-26(35(43)44)28(38)30(40)29(39)27(25)37)22-14-18-8-4-5-11-41-12-6-9-19(31(18)41)33(22)45-34(20)23/h14-16H,4-13H2,1-3H3. The number of ether oxygens (including phenoxy) is 1. The zero-order valence-corrected chi connectivity index (χ0v) is 25.4. The number of nitrogens with zero attached hydrogens (tertiary/aromatic N) is 2. The van der Waals surface area contributed by atoms with Gasteiger partial charge in [-0.2, -0.15) is 0 Å². The molecule has 9 heteroatoms. The molecule has 232 valence electrons. The number of anilines is 1. The van der Waals surface area contributed by atoms with Crippen LogP contribution in [-0.4, -0.2) is 31.1 Å². The summed E-state index contributed by atoms with van der Waals surface area (Å²) in [6, 6.07) is 3.67. The molecule has 5 aliphatic heterocycles. The molecule has 0 saturated heterocycles. The molecule has 0 saturated carbocycles. The molecule has 5 nitrogen and oxygen atoms in total. The van der Waals surface area contributed by atoms with Crippen LogP contribution in [0.5, 0.6) is 11.5 Å². The number of hydrogen-bond donors (Lipinski definition) is 0. The number of rotatable bonds is 2. The number of hydrogen-bond acceptors (Lipinski definition) is 4. The lowest BCUT2D eigenvalue weighted by Crippen LogP contribution is -2.48. The third-order valence-electron chi connectivity index (χ3n) is 10.3. The number of aryl methyl sites for hydroxylation is 1. The highest BCUT2D eigenvalue weighted by molar-refractivity contribution is 6.00. The van der Waals surface area contributed by atoms with Gasteiger partial charge in [-0.3, -0.25) is 0 Å². The number of carbonyl (C=O) groups is 1. The molecule has 0 aromatic heterocycles. The fourth-order valence-corrected chi connectivity index (χ4v) is 8.51. The number of fused-ring (bicyclic) bond motifs is 4. The van der Waals surface area contributed by atoms with Crippen LogP contribution in [0.1, 0.15) is 90.2 Å². The van der Waals surface area contributed by atoms with Crippen molar-refractivity contribution in [2.24, 2.45) is 0 Å². The van der Waals surface area contributed by atoms with Gasteiger partial charge in [-0.15, -0.1) is 0 Å². The van der Waals surface area contributed by atoms with Crippen LogP contribution in [0.15, 0.2) is 18.2 Å². The maximum absolute atomic E-state index is 16.1. The Balaban J connectivity index is 1.60. The average molecular weight is 617 g/mol. The first-order valence-corrected chi connectivity index (χ1v) is 15.7. The van der Waals surface area contributed by atoms with E-state index in [0.717, 1.165) is 90.6 Å². The summed E-state index contributed by atoms with van der Waals surface area (Å²) in [6.07, 6.45) is 7.77. The molecule has 0 bridgehead atoms. The summed E-state index contributed by atoms with van der Waals surface area (Å²) in [6.45, 7) is 8.85. The van der Waals surface area contributed by atoms with Crippen molar-refractivity contribution in [3.8, 4) is 11.5 Å². The van der Waals surface area contributed by atoms with E-state index in [1.54, 1.807) is 0 Å². The predicted octanol–water partition coefficient (Wildman–Crippen LogP) is 4.68. The van der Waals surface area contributed by atoms with Crippen LogP contribution in [0.25, 0.3) is 11.1 Å². The molecule has 0 radical (unpaired) electrons. The van der Waals surface area contributed by atoms with Gasteiger partial charge in [-0.1, -0.05) is 6.08 Å². The summed E-state index contributed by atoms with van der Waals surface area (Å²) in [5.74, 6) is -9.29. The third-order valence-corrected chi connectivity index (χ3v) is 10.3.